The zero-order chi connectivity index (χ0) is 14.0. The second-order valence-electron chi connectivity index (χ2n) is 3.90. The van der Waals surface area contributed by atoms with Crippen LogP contribution in [0.5, 0.6) is 0 Å². The van der Waals surface area contributed by atoms with E-state index in [2.05, 4.69) is 21.4 Å². The van der Waals surface area contributed by atoms with E-state index in [-0.39, 0.29) is 16.1 Å². The molecule has 0 aliphatic carbocycles. The Labute approximate surface area is 122 Å². The van der Waals surface area contributed by atoms with Crippen molar-refractivity contribution in [2.75, 3.05) is 0 Å². The number of rotatable bonds is 3. The molecular formula is C13H10BrClF2N2. The lowest BCUT2D eigenvalue weighted by molar-refractivity contribution is 0.529. The van der Waals surface area contributed by atoms with E-state index in [4.69, 9.17) is 17.4 Å². The normalized spacial score (nSPS) is 12.5. The average Bonchev–Trinajstić information content (AvgIpc) is 2.35. The minimum Gasteiger partial charge on any atom is -0.271 e. The van der Waals surface area contributed by atoms with Crippen LogP contribution in [0.3, 0.4) is 0 Å². The van der Waals surface area contributed by atoms with Crippen LogP contribution >= 0.6 is 27.5 Å². The van der Waals surface area contributed by atoms with Gasteiger partial charge in [-0.1, -0.05) is 39.7 Å². The smallest absolute Gasteiger partial charge is 0.129 e. The van der Waals surface area contributed by atoms with Gasteiger partial charge >= 0.3 is 0 Å². The van der Waals surface area contributed by atoms with Crippen molar-refractivity contribution in [3.05, 3.63) is 68.7 Å². The highest BCUT2D eigenvalue weighted by atomic mass is 79.9. The lowest BCUT2D eigenvalue weighted by Gasteiger charge is -2.19. The molecular weight excluding hydrogens is 338 g/mol. The Hall–Kier alpha value is -1.01. The lowest BCUT2D eigenvalue weighted by atomic mass is 9.98. The highest BCUT2D eigenvalue weighted by Crippen LogP contribution is 2.32. The third-order valence-electron chi connectivity index (χ3n) is 2.73. The Balaban J connectivity index is 2.56. The van der Waals surface area contributed by atoms with Crippen LogP contribution in [0.1, 0.15) is 17.2 Å². The Kier molecular flexibility index (Phi) is 4.52. The fraction of sp³-hybridized carbons (Fsp3) is 0.0769. The molecule has 2 aromatic rings. The van der Waals surface area contributed by atoms with Gasteiger partial charge < -0.3 is 0 Å². The Morgan fingerprint density at radius 2 is 1.89 bits per heavy atom. The van der Waals surface area contributed by atoms with Crippen molar-refractivity contribution in [1.82, 2.24) is 5.43 Å². The van der Waals surface area contributed by atoms with E-state index in [0.29, 0.717) is 4.47 Å². The standard InChI is InChI=1S/C13H10BrClF2N2/c14-9-2-1-3-10(16)12(9)13(19-18)8-5-4-7(15)6-11(8)17/h1-6,13,19H,18H2. The van der Waals surface area contributed by atoms with E-state index in [1.54, 1.807) is 12.1 Å². The van der Waals surface area contributed by atoms with Crippen LogP contribution in [0.2, 0.25) is 5.02 Å². The van der Waals surface area contributed by atoms with Crippen molar-refractivity contribution >= 4 is 27.5 Å². The van der Waals surface area contributed by atoms with Gasteiger partial charge in [0.05, 0.1) is 6.04 Å². The summed E-state index contributed by atoms with van der Waals surface area (Å²) in [6.07, 6.45) is 0. The zero-order valence-electron chi connectivity index (χ0n) is 9.63. The molecule has 0 radical (unpaired) electrons. The summed E-state index contributed by atoms with van der Waals surface area (Å²) < 4.78 is 28.3. The maximum absolute atomic E-state index is 13.9. The van der Waals surface area contributed by atoms with E-state index in [1.165, 1.54) is 18.2 Å². The van der Waals surface area contributed by atoms with Gasteiger partial charge in [0.25, 0.3) is 0 Å². The number of nitrogens with two attached hydrogens (primary N) is 1. The summed E-state index contributed by atoms with van der Waals surface area (Å²) in [6.45, 7) is 0. The van der Waals surface area contributed by atoms with Crippen LogP contribution in [0.25, 0.3) is 0 Å². The third-order valence-corrected chi connectivity index (χ3v) is 3.66. The fourth-order valence-corrected chi connectivity index (χ4v) is 2.58. The third kappa shape index (κ3) is 2.95. The van der Waals surface area contributed by atoms with Gasteiger partial charge in [0.15, 0.2) is 0 Å². The topological polar surface area (TPSA) is 38.0 Å². The zero-order valence-corrected chi connectivity index (χ0v) is 12.0. The van der Waals surface area contributed by atoms with Gasteiger partial charge in [0, 0.05) is 20.6 Å². The second kappa shape index (κ2) is 5.96. The number of hydrogen-bond acceptors (Lipinski definition) is 2. The Morgan fingerprint density at radius 1 is 1.16 bits per heavy atom. The molecule has 0 aliphatic heterocycles. The van der Waals surface area contributed by atoms with Gasteiger partial charge in [0.2, 0.25) is 0 Å². The van der Waals surface area contributed by atoms with Crippen LogP contribution < -0.4 is 11.3 Å². The molecule has 0 fully saturated rings. The Bertz CT molecular complexity index is 587. The fourth-order valence-electron chi connectivity index (χ4n) is 1.85. The summed E-state index contributed by atoms with van der Waals surface area (Å²) >= 11 is 8.94. The van der Waals surface area contributed by atoms with Crippen molar-refractivity contribution in [3.8, 4) is 0 Å². The second-order valence-corrected chi connectivity index (χ2v) is 5.19. The maximum Gasteiger partial charge on any atom is 0.129 e. The molecule has 100 valence electrons. The largest absolute Gasteiger partial charge is 0.271 e. The molecule has 0 saturated heterocycles. The molecule has 2 nitrogen and oxygen atoms in total. The summed E-state index contributed by atoms with van der Waals surface area (Å²) in [5.74, 6) is 4.41. The van der Waals surface area contributed by atoms with Gasteiger partial charge in [0.1, 0.15) is 11.6 Å². The number of nitrogens with one attached hydrogen (secondary N) is 1. The maximum atomic E-state index is 13.9. The quantitative estimate of drug-likeness (QED) is 0.652. The first-order valence-electron chi connectivity index (χ1n) is 5.39. The van der Waals surface area contributed by atoms with Crippen LogP contribution in [0.15, 0.2) is 40.9 Å². The average molecular weight is 348 g/mol. The predicted molar refractivity (Wildman–Crippen MR) is 74.7 cm³/mol. The molecule has 19 heavy (non-hydrogen) atoms. The van der Waals surface area contributed by atoms with Gasteiger partial charge in [-0.15, -0.1) is 0 Å². The van der Waals surface area contributed by atoms with Crippen LogP contribution in [0, 0.1) is 11.6 Å². The van der Waals surface area contributed by atoms with Gasteiger partial charge in [-0.2, -0.15) is 0 Å². The van der Waals surface area contributed by atoms with Crippen molar-refractivity contribution in [1.29, 1.82) is 0 Å². The van der Waals surface area contributed by atoms with Crippen molar-refractivity contribution in [2.45, 2.75) is 6.04 Å². The molecule has 0 saturated carbocycles. The molecule has 1 unspecified atom stereocenters. The van der Waals surface area contributed by atoms with Crippen LogP contribution in [-0.4, -0.2) is 0 Å². The molecule has 1 atom stereocenters. The van der Waals surface area contributed by atoms with E-state index in [0.717, 1.165) is 6.07 Å². The summed E-state index contributed by atoms with van der Waals surface area (Å²) in [6, 6.07) is 7.85. The highest BCUT2D eigenvalue weighted by Gasteiger charge is 2.22. The van der Waals surface area contributed by atoms with Crippen LogP contribution in [-0.2, 0) is 0 Å². The van der Waals surface area contributed by atoms with E-state index < -0.39 is 17.7 Å². The molecule has 0 aromatic heterocycles. The SMILES string of the molecule is NNC(c1ccc(Cl)cc1F)c1c(F)cccc1Br. The minimum atomic E-state index is -0.812. The number of hydrazine groups is 1. The van der Waals surface area contributed by atoms with Crippen LogP contribution in [0.4, 0.5) is 8.78 Å². The van der Waals surface area contributed by atoms with E-state index >= 15 is 0 Å². The molecule has 0 heterocycles. The first kappa shape index (κ1) is 14.4. The molecule has 0 spiro atoms. The van der Waals surface area contributed by atoms with Crippen molar-refractivity contribution in [2.24, 2.45) is 5.84 Å². The van der Waals surface area contributed by atoms with Crippen molar-refractivity contribution in [3.63, 3.8) is 0 Å². The molecule has 6 heteroatoms. The van der Waals surface area contributed by atoms with E-state index in [9.17, 15) is 8.78 Å². The van der Waals surface area contributed by atoms with Gasteiger partial charge in [-0.05, 0) is 24.3 Å². The molecule has 0 bridgehead atoms. The number of hydrogen-bond donors (Lipinski definition) is 2. The minimum absolute atomic E-state index is 0.220. The summed E-state index contributed by atoms with van der Waals surface area (Å²) in [4.78, 5) is 0. The van der Waals surface area contributed by atoms with Crippen molar-refractivity contribution < 1.29 is 8.78 Å². The first-order valence-corrected chi connectivity index (χ1v) is 6.56. The molecule has 0 amide bonds. The summed E-state index contributed by atoms with van der Waals surface area (Å²) in [5.41, 5.74) is 2.89. The number of benzene rings is 2. The first-order chi connectivity index (χ1) is 9.04. The summed E-state index contributed by atoms with van der Waals surface area (Å²) in [7, 11) is 0. The molecule has 3 N–H and O–H groups in total. The monoisotopic (exact) mass is 346 g/mol. The highest BCUT2D eigenvalue weighted by molar-refractivity contribution is 9.10. The van der Waals surface area contributed by atoms with Gasteiger partial charge in [-0.25, -0.2) is 14.2 Å². The summed E-state index contributed by atoms with van der Waals surface area (Å²) in [5, 5.41) is 0.268. The number of halogens is 4. The predicted octanol–water partition coefficient (Wildman–Crippen LogP) is 3.93. The molecule has 2 rings (SSSR count). The lowest BCUT2D eigenvalue weighted by Crippen LogP contribution is -2.30. The van der Waals surface area contributed by atoms with E-state index in [1.807, 2.05) is 0 Å². The van der Waals surface area contributed by atoms with Gasteiger partial charge in [-0.3, -0.25) is 5.84 Å². The Morgan fingerprint density at radius 3 is 2.47 bits per heavy atom. The molecule has 2 aromatic carbocycles. The molecule has 0 aliphatic rings.